The Labute approximate surface area is 118 Å². The Balaban J connectivity index is 2.24. The van der Waals surface area contributed by atoms with Gasteiger partial charge in [0.1, 0.15) is 0 Å². The van der Waals surface area contributed by atoms with Crippen molar-refractivity contribution >= 4 is 5.69 Å². The molecule has 5 nitrogen and oxygen atoms in total. The Morgan fingerprint density at radius 3 is 2.80 bits per heavy atom. The van der Waals surface area contributed by atoms with Gasteiger partial charge < -0.3 is 9.88 Å². The van der Waals surface area contributed by atoms with E-state index in [0.29, 0.717) is 12.6 Å². The SMILES string of the molecule is CNC(C)c1ccn(Cc2cccc([N+](=O)[O-])c2C)c1. The van der Waals surface area contributed by atoms with E-state index in [0.717, 1.165) is 11.1 Å². The van der Waals surface area contributed by atoms with E-state index in [1.807, 2.05) is 19.3 Å². The summed E-state index contributed by atoms with van der Waals surface area (Å²) < 4.78 is 2.05. The van der Waals surface area contributed by atoms with E-state index in [2.05, 4.69) is 29.1 Å². The number of benzene rings is 1. The van der Waals surface area contributed by atoms with Gasteiger partial charge in [0.15, 0.2) is 0 Å². The molecule has 0 amide bonds. The lowest BCUT2D eigenvalue weighted by molar-refractivity contribution is -0.385. The highest BCUT2D eigenvalue weighted by molar-refractivity contribution is 5.44. The van der Waals surface area contributed by atoms with Crippen LogP contribution in [-0.4, -0.2) is 16.5 Å². The maximum Gasteiger partial charge on any atom is 0.272 e. The van der Waals surface area contributed by atoms with Gasteiger partial charge in [-0.2, -0.15) is 0 Å². The van der Waals surface area contributed by atoms with Crippen LogP contribution < -0.4 is 5.32 Å². The predicted molar refractivity (Wildman–Crippen MR) is 78.8 cm³/mol. The number of nitro groups is 1. The lowest BCUT2D eigenvalue weighted by atomic mass is 10.1. The molecule has 0 spiro atoms. The summed E-state index contributed by atoms with van der Waals surface area (Å²) in [6, 6.07) is 7.57. The standard InChI is InChI=1S/C15H19N3O2/c1-11-13(5-4-6-15(11)18(19)20)9-17-8-7-14(10-17)12(2)16-3/h4-8,10,12,16H,9H2,1-3H3. The average Bonchev–Trinajstić information content (AvgIpc) is 2.88. The fraction of sp³-hybridized carbons (Fsp3) is 0.333. The van der Waals surface area contributed by atoms with Crippen molar-refractivity contribution in [1.82, 2.24) is 9.88 Å². The second kappa shape index (κ2) is 5.88. The topological polar surface area (TPSA) is 60.1 Å². The minimum atomic E-state index is -0.330. The predicted octanol–water partition coefficient (Wildman–Crippen LogP) is 3.03. The number of hydrogen-bond donors (Lipinski definition) is 1. The molecule has 0 aliphatic carbocycles. The van der Waals surface area contributed by atoms with Crippen LogP contribution in [0.15, 0.2) is 36.7 Å². The molecule has 0 saturated carbocycles. The van der Waals surface area contributed by atoms with Crippen LogP contribution in [0.25, 0.3) is 0 Å². The summed E-state index contributed by atoms with van der Waals surface area (Å²) in [5.74, 6) is 0. The quantitative estimate of drug-likeness (QED) is 0.673. The van der Waals surface area contributed by atoms with Crippen LogP contribution in [0.2, 0.25) is 0 Å². The molecule has 0 radical (unpaired) electrons. The summed E-state index contributed by atoms with van der Waals surface area (Å²) in [6.45, 7) is 4.54. The zero-order chi connectivity index (χ0) is 14.7. The van der Waals surface area contributed by atoms with Crippen LogP contribution in [0.4, 0.5) is 5.69 Å². The largest absolute Gasteiger partial charge is 0.350 e. The molecule has 0 bridgehead atoms. The zero-order valence-electron chi connectivity index (χ0n) is 12.0. The van der Waals surface area contributed by atoms with Crippen LogP contribution >= 0.6 is 0 Å². The number of nitrogens with zero attached hydrogens (tertiary/aromatic N) is 2. The second-order valence-electron chi connectivity index (χ2n) is 4.95. The molecular weight excluding hydrogens is 254 g/mol. The van der Waals surface area contributed by atoms with Gasteiger partial charge in [0.2, 0.25) is 0 Å². The van der Waals surface area contributed by atoms with E-state index >= 15 is 0 Å². The van der Waals surface area contributed by atoms with E-state index < -0.39 is 0 Å². The van der Waals surface area contributed by atoms with Gasteiger partial charge in [-0.1, -0.05) is 12.1 Å². The van der Waals surface area contributed by atoms with Crippen molar-refractivity contribution in [2.45, 2.75) is 26.4 Å². The van der Waals surface area contributed by atoms with E-state index in [1.54, 1.807) is 19.1 Å². The van der Waals surface area contributed by atoms with Gasteiger partial charge in [-0.15, -0.1) is 0 Å². The van der Waals surface area contributed by atoms with Crippen LogP contribution in [0.1, 0.15) is 29.7 Å². The number of hydrogen-bond acceptors (Lipinski definition) is 3. The van der Waals surface area contributed by atoms with Gasteiger partial charge >= 0.3 is 0 Å². The third-order valence-electron chi connectivity index (χ3n) is 3.67. The molecule has 1 aromatic carbocycles. The Kier molecular flexibility index (Phi) is 4.20. The van der Waals surface area contributed by atoms with Gasteiger partial charge in [-0.05, 0) is 38.1 Å². The molecule has 5 heteroatoms. The zero-order valence-corrected chi connectivity index (χ0v) is 12.0. The fourth-order valence-corrected chi connectivity index (χ4v) is 2.22. The first-order valence-electron chi connectivity index (χ1n) is 6.58. The Bertz CT molecular complexity index is 619. The molecule has 0 aliphatic rings. The number of nitro benzene ring substituents is 1. The lowest BCUT2D eigenvalue weighted by Crippen LogP contribution is -2.11. The molecule has 1 unspecified atom stereocenters. The highest BCUT2D eigenvalue weighted by atomic mass is 16.6. The van der Waals surface area contributed by atoms with Gasteiger partial charge in [-0.25, -0.2) is 0 Å². The summed E-state index contributed by atoms with van der Waals surface area (Å²) in [7, 11) is 1.92. The first-order valence-corrected chi connectivity index (χ1v) is 6.58. The molecule has 0 saturated heterocycles. The minimum Gasteiger partial charge on any atom is -0.350 e. The maximum absolute atomic E-state index is 10.9. The number of rotatable bonds is 5. The highest BCUT2D eigenvalue weighted by Gasteiger charge is 2.13. The van der Waals surface area contributed by atoms with E-state index in [9.17, 15) is 10.1 Å². The Morgan fingerprint density at radius 2 is 2.15 bits per heavy atom. The van der Waals surface area contributed by atoms with Gasteiger partial charge in [0.05, 0.1) is 4.92 Å². The van der Waals surface area contributed by atoms with Crippen molar-refractivity contribution in [3.8, 4) is 0 Å². The molecule has 1 N–H and O–H groups in total. The smallest absolute Gasteiger partial charge is 0.272 e. The van der Waals surface area contributed by atoms with Crippen molar-refractivity contribution in [3.05, 3.63) is 63.5 Å². The van der Waals surface area contributed by atoms with Crippen molar-refractivity contribution in [3.63, 3.8) is 0 Å². The van der Waals surface area contributed by atoms with E-state index in [-0.39, 0.29) is 10.6 Å². The summed E-state index contributed by atoms with van der Waals surface area (Å²) >= 11 is 0. The summed E-state index contributed by atoms with van der Waals surface area (Å²) in [4.78, 5) is 10.6. The number of nitrogens with one attached hydrogen (secondary N) is 1. The van der Waals surface area contributed by atoms with Crippen molar-refractivity contribution in [1.29, 1.82) is 0 Å². The van der Waals surface area contributed by atoms with Gasteiger partial charge in [-0.3, -0.25) is 10.1 Å². The molecule has 1 atom stereocenters. The second-order valence-corrected chi connectivity index (χ2v) is 4.95. The van der Waals surface area contributed by atoms with Crippen LogP contribution in [0, 0.1) is 17.0 Å². The molecule has 0 aliphatic heterocycles. The van der Waals surface area contributed by atoms with E-state index in [4.69, 9.17) is 0 Å². The number of aromatic nitrogens is 1. The minimum absolute atomic E-state index is 0.179. The molecule has 20 heavy (non-hydrogen) atoms. The summed E-state index contributed by atoms with van der Waals surface area (Å²) in [6.07, 6.45) is 4.07. The molecule has 1 aromatic heterocycles. The van der Waals surface area contributed by atoms with E-state index in [1.165, 1.54) is 5.56 Å². The van der Waals surface area contributed by atoms with Crippen molar-refractivity contribution < 1.29 is 4.92 Å². The normalized spacial score (nSPS) is 12.3. The summed E-state index contributed by atoms with van der Waals surface area (Å²) in [5, 5.41) is 14.1. The molecule has 106 valence electrons. The third-order valence-corrected chi connectivity index (χ3v) is 3.67. The molecule has 2 rings (SSSR count). The van der Waals surface area contributed by atoms with Crippen LogP contribution in [0.3, 0.4) is 0 Å². The maximum atomic E-state index is 10.9. The molecule has 1 heterocycles. The average molecular weight is 273 g/mol. The Hall–Kier alpha value is -2.14. The van der Waals surface area contributed by atoms with Gasteiger partial charge in [0, 0.05) is 36.6 Å². The third kappa shape index (κ3) is 2.88. The van der Waals surface area contributed by atoms with Crippen molar-refractivity contribution in [2.75, 3.05) is 7.05 Å². The van der Waals surface area contributed by atoms with Crippen LogP contribution in [-0.2, 0) is 6.54 Å². The van der Waals surface area contributed by atoms with Crippen LogP contribution in [0.5, 0.6) is 0 Å². The Morgan fingerprint density at radius 1 is 1.40 bits per heavy atom. The molecule has 2 aromatic rings. The van der Waals surface area contributed by atoms with Crippen molar-refractivity contribution in [2.24, 2.45) is 0 Å². The van der Waals surface area contributed by atoms with Gasteiger partial charge in [0.25, 0.3) is 5.69 Å². The molecule has 0 fully saturated rings. The first-order chi connectivity index (χ1) is 9.52. The molecular formula is C15H19N3O2. The summed E-state index contributed by atoms with van der Waals surface area (Å²) in [5.41, 5.74) is 3.09. The monoisotopic (exact) mass is 273 g/mol. The highest BCUT2D eigenvalue weighted by Crippen LogP contribution is 2.22. The fourth-order valence-electron chi connectivity index (χ4n) is 2.22. The first kappa shape index (κ1) is 14.3. The lowest BCUT2D eigenvalue weighted by Gasteiger charge is -2.09.